The molecular weight excluding hydrogens is 326 g/mol. The summed E-state index contributed by atoms with van der Waals surface area (Å²) in [5, 5.41) is 4.46. The van der Waals surface area contributed by atoms with E-state index in [1.54, 1.807) is 0 Å². The molecule has 0 N–H and O–H groups in total. The topological polar surface area (TPSA) is 55.5 Å². The van der Waals surface area contributed by atoms with Gasteiger partial charge in [0.1, 0.15) is 5.82 Å². The molecule has 6 nitrogen and oxygen atoms in total. The van der Waals surface area contributed by atoms with E-state index >= 15 is 0 Å². The molecule has 0 bridgehead atoms. The Hall–Kier alpha value is -2.47. The van der Waals surface area contributed by atoms with E-state index in [-0.39, 0.29) is 6.10 Å². The zero-order valence-electron chi connectivity index (χ0n) is 15.4. The first-order valence-corrected chi connectivity index (χ1v) is 9.32. The fourth-order valence-corrected chi connectivity index (χ4v) is 3.37. The van der Waals surface area contributed by atoms with E-state index < -0.39 is 0 Å². The molecule has 1 aliphatic heterocycles. The van der Waals surface area contributed by atoms with Crippen molar-refractivity contribution in [2.45, 2.75) is 45.3 Å². The molecule has 0 aliphatic carbocycles. The van der Waals surface area contributed by atoms with Crippen LogP contribution in [0, 0.1) is 0 Å². The van der Waals surface area contributed by atoms with Gasteiger partial charge in [0.2, 0.25) is 0 Å². The van der Waals surface area contributed by atoms with Crippen molar-refractivity contribution in [2.75, 3.05) is 18.0 Å². The first-order chi connectivity index (χ1) is 12.7. The van der Waals surface area contributed by atoms with Crippen molar-refractivity contribution >= 4 is 11.5 Å². The summed E-state index contributed by atoms with van der Waals surface area (Å²) in [7, 11) is 0. The van der Waals surface area contributed by atoms with Crippen molar-refractivity contribution in [3.63, 3.8) is 0 Å². The summed E-state index contributed by atoms with van der Waals surface area (Å²) >= 11 is 0. The van der Waals surface area contributed by atoms with Crippen LogP contribution in [0.25, 0.3) is 5.65 Å². The lowest BCUT2D eigenvalue weighted by molar-refractivity contribution is 0.0233. The number of fused-ring (bicyclic) bond motifs is 1. The number of rotatable bonds is 5. The Balaban J connectivity index is 1.43. The van der Waals surface area contributed by atoms with E-state index in [1.165, 1.54) is 0 Å². The Morgan fingerprint density at radius 3 is 2.73 bits per heavy atom. The van der Waals surface area contributed by atoms with E-state index in [9.17, 15) is 0 Å². The minimum Gasteiger partial charge on any atom is -0.372 e. The number of nitrogens with zero attached hydrogens (tertiary/aromatic N) is 5. The highest BCUT2D eigenvalue weighted by molar-refractivity contribution is 5.51. The molecule has 4 heterocycles. The summed E-state index contributed by atoms with van der Waals surface area (Å²) in [6.07, 6.45) is 5.93. The molecule has 0 atom stereocenters. The number of hydrogen-bond donors (Lipinski definition) is 0. The average Bonchev–Trinajstić information content (AvgIpc) is 3.15. The fourth-order valence-electron chi connectivity index (χ4n) is 3.37. The summed E-state index contributed by atoms with van der Waals surface area (Å²) in [6, 6.07) is 10.1. The second kappa shape index (κ2) is 7.41. The van der Waals surface area contributed by atoms with Gasteiger partial charge in [0.15, 0.2) is 5.65 Å². The molecule has 1 aliphatic rings. The highest BCUT2D eigenvalue weighted by Crippen LogP contribution is 2.25. The van der Waals surface area contributed by atoms with Crippen LogP contribution in [0.15, 0.2) is 42.7 Å². The van der Waals surface area contributed by atoms with Gasteiger partial charge in [0, 0.05) is 37.1 Å². The molecule has 6 heteroatoms. The van der Waals surface area contributed by atoms with Gasteiger partial charge >= 0.3 is 0 Å². The first kappa shape index (κ1) is 17.0. The monoisotopic (exact) mass is 351 g/mol. The third-order valence-corrected chi connectivity index (χ3v) is 4.91. The number of pyridine rings is 1. The summed E-state index contributed by atoms with van der Waals surface area (Å²) in [5.41, 5.74) is 3.02. The number of ether oxygens (including phenoxy) is 1. The molecule has 0 aromatic carbocycles. The van der Waals surface area contributed by atoms with Crippen LogP contribution < -0.4 is 4.90 Å². The molecule has 0 spiro atoms. The third kappa shape index (κ3) is 3.55. The number of hydrogen-bond acceptors (Lipinski definition) is 5. The van der Waals surface area contributed by atoms with Gasteiger partial charge in [-0.3, -0.25) is 4.98 Å². The Bertz CT molecular complexity index is 853. The van der Waals surface area contributed by atoms with Crippen LogP contribution in [0.1, 0.15) is 44.0 Å². The van der Waals surface area contributed by atoms with Crippen molar-refractivity contribution in [3.8, 4) is 0 Å². The molecule has 1 saturated heterocycles. The zero-order valence-corrected chi connectivity index (χ0v) is 15.4. The van der Waals surface area contributed by atoms with Crippen LogP contribution in [0.3, 0.4) is 0 Å². The summed E-state index contributed by atoms with van der Waals surface area (Å²) in [5.74, 6) is 1.53. The molecule has 0 amide bonds. The summed E-state index contributed by atoms with van der Waals surface area (Å²) in [6.45, 7) is 6.86. The van der Waals surface area contributed by atoms with Crippen molar-refractivity contribution in [1.82, 2.24) is 19.6 Å². The van der Waals surface area contributed by atoms with Crippen LogP contribution in [0.4, 0.5) is 5.82 Å². The van der Waals surface area contributed by atoms with Crippen molar-refractivity contribution in [2.24, 2.45) is 0 Å². The smallest absolute Gasteiger partial charge is 0.157 e. The summed E-state index contributed by atoms with van der Waals surface area (Å²) < 4.78 is 8.01. The number of aromatic nitrogens is 4. The third-order valence-electron chi connectivity index (χ3n) is 4.91. The van der Waals surface area contributed by atoms with Crippen molar-refractivity contribution < 1.29 is 4.74 Å². The van der Waals surface area contributed by atoms with E-state index in [4.69, 9.17) is 9.72 Å². The van der Waals surface area contributed by atoms with Crippen LogP contribution in [-0.4, -0.2) is 38.8 Å². The minimum atomic E-state index is 0.285. The van der Waals surface area contributed by atoms with Gasteiger partial charge < -0.3 is 9.64 Å². The number of piperidine rings is 1. The molecule has 0 saturated carbocycles. The van der Waals surface area contributed by atoms with Crippen LogP contribution >= 0.6 is 0 Å². The van der Waals surface area contributed by atoms with Crippen LogP contribution in [-0.2, 0) is 11.3 Å². The van der Waals surface area contributed by atoms with E-state index in [0.29, 0.717) is 12.5 Å². The average molecular weight is 351 g/mol. The van der Waals surface area contributed by atoms with Crippen molar-refractivity contribution in [1.29, 1.82) is 0 Å². The van der Waals surface area contributed by atoms with Crippen molar-refractivity contribution in [3.05, 3.63) is 54.1 Å². The fraction of sp³-hybridized carbons (Fsp3) is 0.450. The van der Waals surface area contributed by atoms with E-state index in [1.807, 2.05) is 41.2 Å². The Morgan fingerprint density at radius 2 is 2.00 bits per heavy atom. The van der Waals surface area contributed by atoms with Gasteiger partial charge in [-0.05, 0) is 30.9 Å². The SMILES string of the molecule is CC(C)c1cc(N2CCC(OCc3ccccn3)CC2)n2nccc2n1. The standard InChI is InChI=1S/C20H25N5O/c1-15(2)18-13-20(25-19(23-18)6-10-22-25)24-11-7-17(8-12-24)26-14-16-5-3-4-9-21-16/h3-6,9-10,13,15,17H,7-8,11-12,14H2,1-2H3. The lowest BCUT2D eigenvalue weighted by Gasteiger charge is -2.33. The lowest BCUT2D eigenvalue weighted by Crippen LogP contribution is -2.38. The maximum absolute atomic E-state index is 6.06. The lowest BCUT2D eigenvalue weighted by atomic mass is 10.1. The van der Waals surface area contributed by atoms with Gasteiger partial charge in [-0.15, -0.1) is 0 Å². The molecule has 3 aromatic rings. The van der Waals surface area contributed by atoms with E-state index in [2.05, 4.69) is 34.9 Å². The quantitative estimate of drug-likeness (QED) is 0.705. The van der Waals surface area contributed by atoms with Crippen LogP contribution in [0.5, 0.6) is 0 Å². The Morgan fingerprint density at radius 1 is 1.15 bits per heavy atom. The van der Waals surface area contributed by atoms with Gasteiger partial charge in [0.25, 0.3) is 0 Å². The molecule has 3 aromatic heterocycles. The van der Waals surface area contributed by atoms with Gasteiger partial charge in [-0.2, -0.15) is 9.61 Å². The Kier molecular flexibility index (Phi) is 4.84. The maximum atomic E-state index is 6.06. The molecular formula is C20H25N5O. The van der Waals surface area contributed by atoms with Gasteiger partial charge in [0.05, 0.1) is 24.6 Å². The first-order valence-electron chi connectivity index (χ1n) is 9.32. The predicted octanol–water partition coefficient (Wildman–Crippen LogP) is 3.43. The summed E-state index contributed by atoms with van der Waals surface area (Å²) in [4.78, 5) is 11.4. The highest BCUT2D eigenvalue weighted by Gasteiger charge is 2.23. The highest BCUT2D eigenvalue weighted by atomic mass is 16.5. The minimum absolute atomic E-state index is 0.285. The van der Waals surface area contributed by atoms with Gasteiger partial charge in [-0.25, -0.2) is 4.98 Å². The second-order valence-electron chi connectivity index (χ2n) is 7.11. The zero-order chi connectivity index (χ0) is 17.9. The predicted molar refractivity (Wildman–Crippen MR) is 101 cm³/mol. The number of anilines is 1. The second-order valence-corrected chi connectivity index (χ2v) is 7.11. The molecule has 0 unspecified atom stereocenters. The maximum Gasteiger partial charge on any atom is 0.157 e. The molecule has 4 rings (SSSR count). The molecule has 0 radical (unpaired) electrons. The molecule has 1 fully saturated rings. The molecule has 136 valence electrons. The Labute approximate surface area is 153 Å². The normalized spacial score (nSPS) is 15.9. The van der Waals surface area contributed by atoms with E-state index in [0.717, 1.165) is 48.8 Å². The van der Waals surface area contributed by atoms with Crippen LogP contribution in [0.2, 0.25) is 0 Å². The molecule has 26 heavy (non-hydrogen) atoms. The largest absolute Gasteiger partial charge is 0.372 e. The van der Waals surface area contributed by atoms with Gasteiger partial charge in [-0.1, -0.05) is 19.9 Å².